The molecule has 0 aliphatic heterocycles. The minimum Gasteiger partial charge on any atom is -0.318 e. The normalized spacial score (nSPS) is 10.5. The molecule has 0 radical (unpaired) electrons. The summed E-state index contributed by atoms with van der Waals surface area (Å²) in [5.41, 5.74) is -0.0317. The molecule has 16 heavy (non-hydrogen) atoms. The summed E-state index contributed by atoms with van der Waals surface area (Å²) in [5.74, 6) is 4.91. The molecule has 0 bridgehead atoms. The zero-order valence-corrected chi connectivity index (χ0v) is 8.43. The highest BCUT2D eigenvalue weighted by molar-refractivity contribution is 5.85. The molecule has 90 valence electrons. The van der Waals surface area contributed by atoms with Gasteiger partial charge in [-0.3, -0.25) is 16.0 Å². The number of nitrogens with zero attached hydrogens (tertiary/aromatic N) is 1. The predicted octanol–water partition coefficient (Wildman–Crippen LogP) is 2.32. The summed E-state index contributed by atoms with van der Waals surface area (Å²) in [5, 5.41) is 10.4. The molecule has 0 heterocycles. The Morgan fingerprint density at radius 3 is 2.31 bits per heavy atom. The maximum atomic E-state index is 12.2. The van der Waals surface area contributed by atoms with Gasteiger partial charge in [0, 0.05) is 6.07 Å². The Kier molecular flexibility index (Phi) is 4.51. The van der Waals surface area contributed by atoms with Gasteiger partial charge in [0.2, 0.25) is 0 Å². The quantitative estimate of drug-likeness (QED) is 0.484. The van der Waals surface area contributed by atoms with Crippen molar-refractivity contribution in [3.8, 4) is 0 Å². The van der Waals surface area contributed by atoms with E-state index in [4.69, 9.17) is 5.84 Å². The van der Waals surface area contributed by atoms with E-state index in [1.54, 1.807) is 0 Å². The van der Waals surface area contributed by atoms with Crippen molar-refractivity contribution in [1.82, 2.24) is 0 Å². The Bertz CT molecular complexity index is 397. The monoisotopic (exact) mass is 257 g/mol. The number of benzene rings is 1. The van der Waals surface area contributed by atoms with E-state index in [0.29, 0.717) is 12.1 Å². The Balaban J connectivity index is 0.00000225. The molecular weight excluding hydrogens is 251 g/mol. The number of rotatable bonds is 2. The lowest BCUT2D eigenvalue weighted by Crippen LogP contribution is -2.11. The molecule has 1 aromatic rings. The van der Waals surface area contributed by atoms with E-state index >= 15 is 0 Å². The van der Waals surface area contributed by atoms with Crippen molar-refractivity contribution in [1.29, 1.82) is 0 Å². The van der Waals surface area contributed by atoms with Gasteiger partial charge < -0.3 is 5.43 Å². The number of nitrogens with two attached hydrogens (primary N) is 1. The minimum absolute atomic E-state index is 0. The Hall–Kier alpha value is -1.54. The highest BCUT2D eigenvalue weighted by atomic mass is 35.5. The minimum atomic E-state index is -4.61. The molecule has 0 atom stereocenters. The topological polar surface area (TPSA) is 81.2 Å². The molecule has 0 aromatic heterocycles. The summed E-state index contributed by atoms with van der Waals surface area (Å²) in [6, 6.07) is 2.04. The SMILES string of the molecule is Cl.NNc1ccc(C(F)(F)F)cc1[N+](=O)[O-]. The van der Waals surface area contributed by atoms with Crippen molar-refractivity contribution in [2.75, 3.05) is 5.43 Å². The van der Waals surface area contributed by atoms with E-state index in [2.05, 4.69) is 0 Å². The lowest BCUT2D eigenvalue weighted by molar-refractivity contribution is -0.384. The molecule has 0 unspecified atom stereocenters. The molecule has 9 heteroatoms. The second-order valence-corrected chi connectivity index (χ2v) is 2.63. The molecule has 0 saturated carbocycles. The first-order valence-corrected chi connectivity index (χ1v) is 3.68. The molecule has 0 fully saturated rings. The van der Waals surface area contributed by atoms with Crippen LogP contribution >= 0.6 is 12.4 Å². The first-order valence-electron chi connectivity index (χ1n) is 3.68. The Morgan fingerprint density at radius 1 is 1.38 bits per heavy atom. The van der Waals surface area contributed by atoms with E-state index < -0.39 is 22.4 Å². The zero-order chi connectivity index (χ0) is 11.6. The van der Waals surface area contributed by atoms with Gasteiger partial charge in [0.05, 0.1) is 10.5 Å². The maximum absolute atomic E-state index is 12.2. The zero-order valence-electron chi connectivity index (χ0n) is 7.62. The summed E-state index contributed by atoms with van der Waals surface area (Å²) in [6.07, 6.45) is -4.61. The van der Waals surface area contributed by atoms with E-state index in [0.717, 1.165) is 6.07 Å². The number of alkyl halides is 3. The van der Waals surface area contributed by atoms with E-state index in [1.807, 2.05) is 5.43 Å². The van der Waals surface area contributed by atoms with Crippen LogP contribution in [0.25, 0.3) is 0 Å². The van der Waals surface area contributed by atoms with Crippen LogP contribution in [0, 0.1) is 10.1 Å². The highest BCUT2D eigenvalue weighted by Crippen LogP contribution is 2.34. The third-order valence-electron chi connectivity index (χ3n) is 1.68. The first-order chi connectivity index (χ1) is 6.86. The van der Waals surface area contributed by atoms with Crippen LogP contribution in [-0.2, 0) is 6.18 Å². The number of nitro benzene ring substituents is 1. The van der Waals surface area contributed by atoms with Crippen LogP contribution in [0.15, 0.2) is 18.2 Å². The number of nitrogen functional groups attached to an aromatic ring is 1. The molecule has 0 saturated heterocycles. The van der Waals surface area contributed by atoms with Crippen LogP contribution < -0.4 is 11.3 Å². The van der Waals surface area contributed by atoms with Gasteiger partial charge in [0.1, 0.15) is 5.69 Å². The molecule has 0 spiro atoms. The molecule has 1 rings (SSSR count). The molecule has 5 nitrogen and oxygen atoms in total. The van der Waals surface area contributed by atoms with Crippen molar-refractivity contribution < 1.29 is 18.1 Å². The molecular formula is C7H7ClF3N3O2. The fraction of sp³-hybridized carbons (Fsp3) is 0.143. The van der Waals surface area contributed by atoms with Gasteiger partial charge in [-0.15, -0.1) is 12.4 Å². The van der Waals surface area contributed by atoms with Crippen LogP contribution in [0.4, 0.5) is 24.5 Å². The van der Waals surface area contributed by atoms with Gasteiger partial charge >= 0.3 is 6.18 Å². The first kappa shape index (κ1) is 14.5. The standard InChI is InChI=1S/C7H6F3N3O2.ClH/c8-7(9,10)4-1-2-5(12-11)6(3-4)13(14)15;/h1-3,12H,11H2;1H. The largest absolute Gasteiger partial charge is 0.416 e. The fourth-order valence-electron chi connectivity index (χ4n) is 0.981. The number of nitro groups is 1. The molecule has 0 amide bonds. The lowest BCUT2D eigenvalue weighted by atomic mass is 10.1. The summed E-state index contributed by atoms with van der Waals surface area (Å²) in [4.78, 5) is 9.46. The highest BCUT2D eigenvalue weighted by Gasteiger charge is 2.32. The van der Waals surface area contributed by atoms with Crippen LogP contribution in [0.3, 0.4) is 0 Å². The summed E-state index contributed by atoms with van der Waals surface area (Å²) in [7, 11) is 0. The predicted molar refractivity (Wildman–Crippen MR) is 53.2 cm³/mol. The smallest absolute Gasteiger partial charge is 0.318 e. The Labute approximate surface area is 94.0 Å². The van der Waals surface area contributed by atoms with Gasteiger partial charge in [-0.25, -0.2) is 0 Å². The Morgan fingerprint density at radius 2 is 1.94 bits per heavy atom. The van der Waals surface area contributed by atoms with Gasteiger partial charge in [0.15, 0.2) is 0 Å². The number of hydrogen-bond donors (Lipinski definition) is 2. The van der Waals surface area contributed by atoms with Gasteiger partial charge in [-0.1, -0.05) is 0 Å². The van der Waals surface area contributed by atoms with Crippen molar-refractivity contribution in [3.63, 3.8) is 0 Å². The summed E-state index contributed by atoms with van der Waals surface area (Å²) in [6.45, 7) is 0. The molecule has 3 N–H and O–H groups in total. The van der Waals surface area contributed by atoms with Gasteiger partial charge in [-0.2, -0.15) is 13.2 Å². The van der Waals surface area contributed by atoms with E-state index in [1.165, 1.54) is 0 Å². The fourth-order valence-corrected chi connectivity index (χ4v) is 0.981. The maximum Gasteiger partial charge on any atom is 0.416 e. The number of nitrogens with one attached hydrogen (secondary N) is 1. The van der Waals surface area contributed by atoms with E-state index in [-0.39, 0.29) is 18.1 Å². The third-order valence-corrected chi connectivity index (χ3v) is 1.68. The van der Waals surface area contributed by atoms with Crippen molar-refractivity contribution in [2.45, 2.75) is 6.18 Å². The molecule has 0 aliphatic rings. The van der Waals surface area contributed by atoms with Crippen LogP contribution in [-0.4, -0.2) is 4.92 Å². The molecule has 1 aromatic carbocycles. The van der Waals surface area contributed by atoms with E-state index in [9.17, 15) is 23.3 Å². The van der Waals surface area contributed by atoms with Crippen molar-refractivity contribution >= 4 is 23.8 Å². The third kappa shape index (κ3) is 2.97. The van der Waals surface area contributed by atoms with Crippen LogP contribution in [0.1, 0.15) is 5.56 Å². The average molecular weight is 258 g/mol. The number of hydrazine groups is 1. The lowest BCUT2D eigenvalue weighted by Gasteiger charge is -2.07. The van der Waals surface area contributed by atoms with Gasteiger partial charge in [0.25, 0.3) is 5.69 Å². The van der Waals surface area contributed by atoms with Crippen molar-refractivity contribution in [2.24, 2.45) is 5.84 Å². The summed E-state index contributed by atoms with van der Waals surface area (Å²) >= 11 is 0. The molecule has 0 aliphatic carbocycles. The second kappa shape index (κ2) is 4.99. The number of anilines is 1. The van der Waals surface area contributed by atoms with Crippen LogP contribution in [0.2, 0.25) is 0 Å². The van der Waals surface area contributed by atoms with Gasteiger partial charge in [-0.05, 0) is 12.1 Å². The van der Waals surface area contributed by atoms with Crippen molar-refractivity contribution in [3.05, 3.63) is 33.9 Å². The average Bonchev–Trinajstić information content (AvgIpc) is 2.15. The number of hydrogen-bond acceptors (Lipinski definition) is 4. The number of halogens is 4. The van der Waals surface area contributed by atoms with Crippen LogP contribution in [0.5, 0.6) is 0 Å². The second-order valence-electron chi connectivity index (χ2n) is 2.63. The summed E-state index contributed by atoms with van der Waals surface area (Å²) < 4.78 is 36.6.